The van der Waals surface area contributed by atoms with Gasteiger partial charge in [-0.15, -0.1) is 0 Å². The Bertz CT molecular complexity index is 343. The zero-order valence-electron chi connectivity index (χ0n) is 9.32. The molecule has 1 saturated heterocycles. The number of nitrogens with one attached hydrogen (secondary N) is 1. The first-order valence-corrected chi connectivity index (χ1v) is 6.06. The van der Waals surface area contributed by atoms with E-state index in [1.165, 1.54) is 19.3 Å². The van der Waals surface area contributed by atoms with Crippen molar-refractivity contribution < 1.29 is 9.26 Å². The standard InChI is InChI=1S/C11H17N3O2/c1-2-9(6-12-5-1)15-7-10-13-11(14-16-10)8-3-4-8/h8-9,12H,1-7H2/t9-/m0/s1. The van der Waals surface area contributed by atoms with Crippen molar-refractivity contribution in [3.8, 4) is 0 Å². The molecule has 1 aromatic rings. The summed E-state index contributed by atoms with van der Waals surface area (Å²) in [4.78, 5) is 4.33. The molecule has 3 rings (SSSR count). The fourth-order valence-electron chi connectivity index (χ4n) is 1.99. The normalized spacial score (nSPS) is 25.9. The number of nitrogens with zero attached hydrogens (tertiary/aromatic N) is 2. The summed E-state index contributed by atoms with van der Waals surface area (Å²) in [5.41, 5.74) is 0. The van der Waals surface area contributed by atoms with Crippen molar-refractivity contribution in [2.24, 2.45) is 0 Å². The van der Waals surface area contributed by atoms with E-state index in [-0.39, 0.29) is 0 Å². The zero-order chi connectivity index (χ0) is 10.8. The molecule has 16 heavy (non-hydrogen) atoms. The topological polar surface area (TPSA) is 60.2 Å². The van der Waals surface area contributed by atoms with Gasteiger partial charge in [0.2, 0.25) is 0 Å². The van der Waals surface area contributed by atoms with E-state index in [4.69, 9.17) is 9.26 Å². The Hall–Kier alpha value is -0.940. The third-order valence-electron chi connectivity index (χ3n) is 3.12. The van der Waals surface area contributed by atoms with Gasteiger partial charge in [-0.3, -0.25) is 0 Å². The second kappa shape index (κ2) is 4.51. The highest BCUT2D eigenvalue weighted by Crippen LogP contribution is 2.38. The highest BCUT2D eigenvalue weighted by molar-refractivity contribution is 5.02. The molecule has 2 fully saturated rings. The summed E-state index contributed by atoms with van der Waals surface area (Å²) in [7, 11) is 0. The van der Waals surface area contributed by atoms with Crippen molar-refractivity contribution in [1.29, 1.82) is 0 Å². The van der Waals surface area contributed by atoms with Crippen LogP contribution in [0.15, 0.2) is 4.52 Å². The van der Waals surface area contributed by atoms with Crippen LogP contribution in [0.25, 0.3) is 0 Å². The van der Waals surface area contributed by atoms with Crippen molar-refractivity contribution in [3.05, 3.63) is 11.7 Å². The van der Waals surface area contributed by atoms with Crippen LogP contribution in [0.5, 0.6) is 0 Å². The summed E-state index contributed by atoms with van der Waals surface area (Å²) in [5.74, 6) is 2.03. The van der Waals surface area contributed by atoms with Crippen LogP contribution in [0.2, 0.25) is 0 Å². The smallest absolute Gasteiger partial charge is 0.252 e. The summed E-state index contributed by atoms with van der Waals surface area (Å²) in [6, 6.07) is 0. The van der Waals surface area contributed by atoms with E-state index in [2.05, 4.69) is 15.5 Å². The number of ether oxygens (including phenoxy) is 1. The molecular formula is C11H17N3O2. The lowest BCUT2D eigenvalue weighted by atomic mass is 10.1. The maximum absolute atomic E-state index is 5.72. The van der Waals surface area contributed by atoms with E-state index in [9.17, 15) is 0 Å². The Morgan fingerprint density at radius 3 is 3.06 bits per heavy atom. The third kappa shape index (κ3) is 2.41. The fourth-order valence-corrected chi connectivity index (χ4v) is 1.99. The number of aromatic nitrogens is 2. The number of rotatable bonds is 4. The fraction of sp³-hybridized carbons (Fsp3) is 0.818. The lowest BCUT2D eigenvalue weighted by Crippen LogP contribution is -2.35. The first kappa shape index (κ1) is 10.2. The van der Waals surface area contributed by atoms with E-state index in [1.807, 2.05) is 0 Å². The van der Waals surface area contributed by atoms with Crippen molar-refractivity contribution in [2.75, 3.05) is 13.1 Å². The van der Waals surface area contributed by atoms with Gasteiger partial charge in [0.15, 0.2) is 5.82 Å². The van der Waals surface area contributed by atoms with E-state index in [1.54, 1.807) is 0 Å². The van der Waals surface area contributed by atoms with Crippen molar-refractivity contribution >= 4 is 0 Å². The average Bonchev–Trinajstić information content (AvgIpc) is 3.08. The van der Waals surface area contributed by atoms with Crippen LogP contribution in [0.1, 0.15) is 43.3 Å². The minimum Gasteiger partial charge on any atom is -0.367 e. The van der Waals surface area contributed by atoms with Crippen molar-refractivity contribution in [2.45, 2.75) is 44.3 Å². The molecule has 0 amide bonds. The van der Waals surface area contributed by atoms with Gasteiger partial charge in [-0.05, 0) is 32.2 Å². The van der Waals surface area contributed by atoms with Crippen LogP contribution < -0.4 is 5.32 Å². The Morgan fingerprint density at radius 2 is 2.31 bits per heavy atom. The van der Waals surface area contributed by atoms with E-state index in [0.717, 1.165) is 25.3 Å². The highest BCUT2D eigenvalue weighted by atomic mass is 16.5. The molecule has 0 aromatic carbocycles. The van der Waals surface area contributed by atoms with E-state index in [0.29, 0.717) is 24.5 Å². The summed E-state index contributed by atoms with van der Waals surface area (Å²) in [6.07, 6.45) is 5.00. The SMILES string of the molecule is C1CNC[C@@H](OCc2nc(C3CC3)no2)C1. The predicted octanol–water partition coefficient (Wildman–Crippen LogP) is 1.22. The number of hydrogen-bond acceptors (Lipinski definition) is 5. The monoisotopic (exact) mass is 223 g/mol. The quantitative estimate of drug-likeness (QED) is 0.831. The minimum absolute atomic E-state index is 0.296. The van der Waals surface area contributed by atoms with Crippen LogP contribution in [0.3, 0.4) is 0 Å². The number of hydrogen-bond donors (Lipinski definition) is 1. The van der Waals surface area contributed by atoms with Crippen LogP contribution >= 0.6 is 0 Å². The van der Waals surface area contributed by atoms with Gasteiger partial charge in [0.25, 0.3) is 5.89 Å². The van der Waals surface area contributed by atoms with Gasteiger partial charge in [0, 0.05) is 12.5 Å². The Kier molecular flexibility index (Phi) is 2.88. The lowest BCUT2D eigenvalue weighted by Gasteiger charge is -2.22. The van der Waals surface area contributed by atoms with Gasteiger partial charge in [0.1, 0.15) is 6.61 Å². The molecule has 88 valence electrons. The van der Waals surface area contributed by atoms with Crippen molar-refractivity contribution in [3.63, 3.8) is 0 Å². The molecule has 2 aliphatic rings. The molecule has 1 aromatic heterocycles. The van der Waals surface area contributed by atoms with Gasteiger partial charge in [0.05, 0.1) is 6.10 Å². The molecule has 1 atom stereocenters. The summed E-state index contributed by atoms with van der Waals surface area (Å²) in [6.45, 7) is 2.49. The molecule has 5 heteroatoms. The Balaban J connectivity index is 1.49. The van der Waals surface area contributed by atoms with Crippen LogP contribution in [-0.4, -0.2) is 29.3 Å². The molecular weight excluding hydrogens is 206 g/mol. The highest BCUT2D eigenvalue weighted by Gasteiger charge is 2.28. The van der Waals surface area contributed by atoms with E-state index < -0.39 is 0 Å². The van der Waals surface area contributed by atoms with Gasteiger partial charge in [-0.2, -0.15) is 4.98 Å². The zero-order valence-corrected chi connectivity index (χ0v) is 9.32. The van der Waals surface area contributed by atoms with Gasteiger partial charge < -0.3 is 14.6 Å². The summed E-state index contributed by atoms with van der Waals surface area (Å²) < 4.78 is 10.9. The molecule has 1 saturated carbocycles. The summed E-state index contributed by atoms with van der Waals surface area (Å²) >= 11 is 0. The molecule has 5 nitrogen and oxygen atoms in total. The lowest BCUT2D eigenvalue weighted by molar-refractivity contribution is 0.0124. The molecule has 0 bridgehead atoms. The van der Waals surface area contributed by atoms with E-state index >= 15 is 0 Å². The van der Waals surface area contributed by atoms with Crippen LogP contribution in [0.4, 0.5) is 0 Å². The van der Waals surface area contributed by atoms with Gasteiger partial charge in [-0.25, -0.2) is 0 Å². The first-order valence-electron chi connectivity index (χ1n) is 6.06. The minimum atomic E-state index is 0.296. The molecule has 2 heterocycles. The molecule has 1 aliphatic heterocycles. The molecule has 1 N–H and O–H groups in total. The first-order chi connectivity index (χ1) is 7.92. The number of piperidine rings is 1. The second-order valence-corrected chi connectivity index (χ2v) is 4.60. The third-order valence-corrected chi connectivity index (χ3v) is 3.12. The van der Waals surface area contributed by atoms with Gasteiger partial charge >= 0.3 is 0 Å². The van der Waals surface area contributed by atoms with Crippen LogP contribution in [-0.2, 0) is 11.3 Å². The summed E-state index contributed by atoms with van der Waals surface area (Å²) in [5, 5.41) is 7.27. The van der Waals surface area contributed by atoms with Crippen LogP contribution in [0, 0.1) is 0 Å². The van der Waals surface area contributed by atoms with Crippen molar-refractivity contribution in [1.82, 2.24) is 15.5 Å². The maximum atomic E-state index is 5.72. The average molecular weight is 223 g/mol. The molecule has 0 spiro atoms. The second-order valence-electron chi connectivity index (χ2n) is 4.60. The molecule has 0 radical (unpaired) electrons. The molecule has 1 aliphatic carbocycles. The Morgan fingerprint density at radius 1 is 1.38 bits per heavy atom. The predicted molar refractivity (Wildman–Crippen MR) is 57.0 cm³/mol. The largest absolute Gasteiger partial charge is 0.367 e. The maximum Gasteiger partial charge on any atom is 0.252 e. The molecule has 0 unspecified atom stereocenters. The van der Waals surface area contributed by atoms with Gasteiger partial charge in [-0.1, -0.05) is 5.16 Å². The Labute approximate surface area is 94.6 Å².